The zero-order valence-corrected chi connectivity index (χ0v) is 14.9. The molecule has 3 rings (SSSR count). The Hall–Kier alpha value is -2.64. The van der Waals surface area contributed by atoms with E-state index in [1.54, 1.807) is 24.2 Å². The highest BCUT2D eigenvalue weighted by atomic mass is 16.5. The number of carbonyl (C=O) groups excluding carboxylic acids is 1. The van der Waals surface area contributed by atoms with E-state index < -0.39 is 0 Å². The molecular weight excluding hydrogens is 320 g/mol. The van der Waals surface area contributed by atoms with E-state index in [9.17, 15) is 4.79 Å². The number of nitrogens with zero attached hydrogens (tertiary/aromatic N) is 5. The summed E-state index contributed by atoms with van der Waals surface area (Å²) in [5, 5.41) is 6.47. The van der Waals surface area contributed by atoms with Crippen LogP contribution in [0.5, 0.6) is 0 Å². The number of rotatable bonds is 5. The van der Waals surface area contributed by atoms with Crippen molar-refractivity contribution in [3.63, 3.8) is 0 Å². The van der Waals surface area contributed by atoms with Gasteiger partial charge in [-0.2, -0.15) is 0 Å². The molecule has 25 heavy (non-hydrogen) atoms. The topological polar surface area (TPSA) is 87.4 Å². The van der Waals surface area contributed by atoms with Crippen molar-refractivity contribution in [2.75, 3.05) is 41.8 Å². The van der Waals surface area contributed by atoms with Crippen molar-refractivity contribution in [3.05, 3.63) is 24.2 Å². The highest BCUT2D eigenvalue weighted by molar-refractivity contribution is 5.93. The molecule has 1 aliphatic heterocycles. The molecule has 134 valence electrons. The summed E-state index contributed by atoms with van der Waals surface area (Å²) in [5.74, 6) is 3.19. The van der Waals surface area contributed by atoms with E-state index in [0.29, 0.717) is 17.5 Å². The smallest absolute Gasteiger partial charge is 0.245 e. The van der Waals surface area contributed by atoms with Crippen molar-refractivity contribution < 1.29 is 9.32 Å². The number of anilines is 3. The van der Waals surface area contributed by atoms with E-state index in [1.807, 2.05) is 13.1 Å². The van der Waals surface area contributed by atoms with Crippen LogP contribution in [0.3, 0.4) is 0 Å². The van der Waals surface area contributed by atoms with Crippen molar-refractivity contribution in [3.8, 4) is 0 Å². The van der Waals surface area contributed by atoms with E-state index in [0.717, 1.165) is 24.7 Å². The van der Waals surface area contributed by atoms with Gasteiger partial charge in [0, 0.05) is 32.3 Å². The molecule has 1 aliphatic rings. The third-order valence-electron chi connectivity index (χ3n) is 4.29. The van der Waals surface area contributed by atoms with Crippen LogP contribution < -0.4 is 15.1 Å². The standard InChI is InChI=1S/C17H24N6O2/c1-12-5-4-6-23(9-12)16-8-15(18-11-19-16)22(3)10-17(24)20-14-7-13(2)25-21-14/h7-8,11-12H,4-6,9-10H2,1-3H3,(H,20,21,24). The van der Waals surface area contributed by atoms with Crippen LogP contribution in [-0.4, -0.2) is 47.7 Å². The highest BCUT2D eigenvalue weighted by Crippen LogP contribution is 2.23. The molecule has 1 saturated heterocycles. The van der Waals surface area contributed by atoms with Gasteiger partial charge in [-0.3, -0.25) is 4.79 Å². The Labute approximate surface area is 147 Å². The first-order valence-corrected chi connectivity index (χ1v) is 8.52. The molecule has 1 atom stereocenters. The molecule has 0 bridgehead atoms. The maximum atomic E-state index is 12.1. The fourth-order valence-electron chi connectivity index (χ4n) is 3.02. The van der Waals surface area contributed by atoms with Gasteiger partial charge in [0.15, 0.2) is 5.82 Å². The van der Waals surface area contributed by atoms with Gasteiger partial charge in [-0.25, -0.2) is 9.97 Å². The van der Waals surface area contributed by atoms with Crippen LogP contribution in [0.2, 0.25) is 0 Å². The second kappa shape index (κ2) is 7.50. The second-order valence-electron chi connectivity index (χ2n) is 6.65. The molecule has 1 N–H and O–H groups in total. The summed E-state index contributed by atoms with van der Waals surface area (Å²) in [6, 6.07) is 3.61. The maximum absolute atomic E-state index is 12.1. The van der Waals surface area contributed by atoms with Crippen LogP contribution in [-0.2, 0) is 4.79 Å². The summed E-state index contributed by atoms with van der Waals surface area (Å²) in [4.78, 5) is 24.9. The van der Waals surface area contributed by atoms with Gasteiger partial charge in [-0.15, -0.1) is 0 Å². The lowest BCUT2D eigenvalue weighted by molar-refractivity contribution is -0.115. The minimum atomic E-state index is -0.178. The average molecular weight is 344 g/mol. The van der Waals surface area contributed by atoms with Crippen molar-refractivity contribution in [1.29, 1.82) is 0 Å². The number of amides is 1. The van der Waals surface area contributed by atoms with Crippen LogP contribution in [0.4, 0.5) is 17.5 Å². The van der Waals surface area contributed by atoms with Gasteiger partial charge in [0.25, 0.3) is 0 Å². The molecule has 8 heteroatoms. The van der Waals surface area contributed by atoms with Crippen LogP contribution in [0, 0.1) is 12.8 Å². The minimum absolute atomic E-state index is 0.165. The molecule has 3 heterocycles. The quantitative estimate of drug-likeness (QED) is 0.888. The summed E-state index contributed by atoms with van der Waals surface area (Å²) < 4.78 is 4.94. The average Bonchev–Trinajstić information content (AvgIpc) is 2.99. The normalized spacial score (nSPS) is 17.4. The molecule has 0 spiro atoms. The largest absolute Gasteiger partial charge is 0.360 e. The van der Waals surface area contributed by atoms with Gasteiger partial charge in [-0.1, -0.05) is 12.1 Å². The number of carbonyl (C=O) groups is 1. The third-order valence-corrected chi connectivity index (χ3v) is 4.29. The van der Waals surface area contributed by atoms with Crippen molar-refractivity contribution in [2.45, 2.75) is 26.7 Å². The van der Waals surface area contributed by atoms with Crippen molar-refractivity contribution in [2.24, 2.45) is 5.92 Å². The number of aryl methyl sites for hydroxylation is 1. The number of hydrogen-bond acceptors (Lipinski definition) is 7. The highest BCUT2D eigenvalue weighted by Gasteiger charge is 2.19. The summed E-state index contributed by atoms with van der Waals surface area (Å²) in [7, 11) is 1.83. The third kappa shape index (κ3) is 4.46. The van der Waals surface area contributed by atoms with E-state index in [1.165, 1.54) is 12.8 Å². The molecule has 2 aromatic rings. The Morgan fingerprint density at radius 1 is 1.44 bits per heavy atom. The first-order valence-electron chi connectivity index (χ1n) is 8.52. The van der Waals surface area contributed by atoms with Gasteiger partial charge in [0.05, 0.1) is 6.54 Å². The molecule has 8 nitrogen and oxygen atoms in total. The van der Waals surface area contributed by atoms with Crippen molar-refractivity contribution >= 4 is 23.4 Å². The van der Waals surface area contributed by atoms with Gasteiger partial charge in [-0.05, 0) is 25.7 Å². The Kier molecular flexibility index (Phi) is 5.16. The lowest BCUT2D eigenvalue weighted by Crippen LogP contribution is -2.35. The zero-order chi connectivity index (χ0) is 17.8. The fraction of sp³-hybridized carbons (Fsp3) is 0.529. The van der Waals surface area contributed by atoms with Crippen LogP contribution in [0.1, 0.15) is 25.5 Å². The van der Waals surface area contributed by atoms with E-state index in [2.05, 4.69) is 32.3 Å². The summed E-state index contributed by atoms with van der Waals surface area (Å²) in [6.45, 7) is 6.22. The van der Waals surface area contributed by atoms with Gasteiger partial charge >= 0.3 is 0 Å². The molecule has 1 fully saturated rings. The van der Waals surface area contributed by atoms with E-state index in [4.69, 9.17) is 4.52 Å². The fourth-order valence-corrected chi connectivity index (χ4v) is 3.02. The lowest BCUT2D eigenvalue weighted by atomic mass is 10.0. The number of piperidine rings is 1. The minimum Gasteiger partial charge on any atom is -0.360 e. The Balaban J connectivity index is 1.62. The SMILES string of the molecule is Cc1cc(NC(=O)CN(C)c2cc(N3CCCC(C)C3)ncn2)no1. The number of nitrogens with one attached hydrogen (secondary N) is 1. The van der Waals surface area contributed by atoms with Gasteiger partial charge in [0.2, 0.25) is 5.91 Å². The second-order valence-corrected chi connectivity index (χ2v) is 6.65. The maximum Gasteiger partial charge on any atom is 0.245 e. The predicted octanol–water partition coefficient (Wildman–Crippen LogP) is 2.08. The Morgan fingerprint density at radius 3 is 3.00 bits per heavy atom. The lowest BCUT2D eigenvalue weighted by Gasteiger charge is -2.32. The Bertz CT molecular complexity index is 731. The predicted molar refractivity (Wildman–Crippen MR) is 95.8 cm³/mol. The number of aromatic nitrogens is 3. The first kappa shape index (κ1) is 17.2. The molecule has 0 aromatic carbocycles. The molecule has 1 amide bonds. The van der Waals surface area contributed by atoms with Gasteiger partial charge in [0.1, 0.15) is 23.7 Å². The molecule has 0 radical (unpaired) electrons. The summed E-state index contributed by atoms with van der Waals surface area (Å²) in [5.41, 5.74) is 0. The molecule has 0 aliphatic carbocycles. The molecular formula is C17H24N6O2. The van der Waals surface area contributed by atoms with E-state index >= 15 is 0 Å². The summed E-state index contributed by atoms with van der Waals surface area (Å²) >= 11 is 0. The number of likely N-dealkylation sites (N-methyl/N-ethyl adjacent to an activating group) is 1. The molecule has 1 unspecified atom stereocenters. The van der Waals surface area contributed by atoms with Crippen LogP contribution >= 0.6 is 0 Å². The monoisotopic (exact) mass is 344 g/mol. The van der Waals surface area contributed by atoms with Gasteiger partial charge < -0.3 is 19.6 Å². The van der Waals surface area contributed by atoms with Crippen molar-refractivity contribution in [1.82, 2.24) is 15.1 Å². The van der Waals surface area contributed by atoms with Crippen LogP contribution in [0.25, 0.3) is 0 Å². The zero-order valence-electron chi connectivity index (χ0n) is 14.9. The Morgan fingerprint density at radius 2 is 2.28 bits per heavy atom. The summed E-state index contributed by atoms with van der Waals surface area (Å²) in [6.07, 6.45) is 3.99. The number of hydrogen-bond donors (Lipinski definition) is 1. The van der Waals surface area contributed by atoms with E-state index in [-0.39, 0.29) is 12.5 Å². The van der Waals surface area contributed by atoms with Crippen LogP contribution in [0.15, 0.2) is 23.0 Å². The molecule has 2 aromatic heterocycles. The molecule has 0 saturated carbocycles. The first-order chi connectivity index (χ1) is 12.0.